The summed E-state index contributed by atoms with van der Waals surface area (Å²) in [6.45, 7) is 7.73. The number of rotatable bonds is 4. The number of amides is 1. The summed E-state index contributed by atoms with van der Waals surface area (Å²) in [6, 6.07) is 4.87. The smallest absolute Gasteiger partial charge is 0.407 e. The molecule has 1 amide bonds. The molecule has 3 N–H and O–H groups in total. The van der Waals surface area contributed by atoms with Crippen LogP contribution in [0, 0.1) is 12.7 Å². The summed E-state index contributed by atoms with van der Waals surface area (Å²) in [5.41, 5.74) is 6.59. The van der Waals surface area contributed by atoms with Crippen LogP contribution in [0.25, 0.3) is 0 Å². The van der Waals surface area contributed by atoms with Crippen LogP contribution in [0.15, 0.2) is 18.2 Å². The van der Waals surface area contributed by atoms with E-state index in [1.807, 2.05) is 6.92 Å². The minimum absolute atomic E-state index is 0.242. The largest absolute Gasteiger partial charge is 0.444 e. The second-order valence-electron chi connectivity index (χ2n) is 5.84. The van der Waals surface area contributed by atoms with E-state index < -0.39 is 11.7 Å². The number of hydrogen-bond acceptors (Lipinski definition) is 3. The molecule has 0 spiro atoms. The fourth-order valence-electron chi connectivity index (χ4n) is 1.82. The van der Waals surface area contributed by atoms with Crippen LogP contribution in [0.1, 0.15) is 37.8 Å². The molecule has 20 heavy (non-hydrogen) atoms. The number of ether oxygens (including phenoxy) is 1. The van der Waals surface area contributed by atoms with Gasteiger partial charge in [-0.3, -0.25) is 0 Å². The maximum Gasteiger partial charge on any atom is 0.407 e. The molecule has 1 unspecified atom stereocenters. The van der Waals surface area contributed by atoms with E-state index in [4.69, 9.17) is 10.5 Å². The lowest BCUT2D eigenvalue weighted by atomic mass is 9.97. The molecule has 1 aromatic rings. The lowest BCUT2D eigenvalue weighted by Crippen LogP contribution is -2.36. The second kappa shape index (κ2) is 6.70. The molecule has 0 bridgehead atoms. The zero-order chi connectivity index (χ0) is 15.3. The van der Waals surface area contributed by atoms with Crippen LogP contribution < -0.4 is 11.1 Å². The quantitative estimate of drug-likeness (QED) is 0.892. The van der Waals surface area contributed by atoms with Crippen molar-refractivity contribution in [3.8, 4) is 0 Å². The van der Waals surface area contributed by atoms with E-state index in [0.717, 1.165) is 5.56 Å². The van der Waals surface area contributed by atoms with Gasteiger partial charge in [0.2, 0.25) is 0 Å². The van der Waals surface area contributed by atoms with Gasteiger partial charge in [-0.1, -0.05) is 17.7 Å². The first-order valence-electron chi connectivity index (χ1n) is 6.66. The minimum Gasteiger partial charge on any atom is -0.444 e. The number of hydrogen-bond donors (Lipinski definition) is 2. The Hall–Kier alpha value is -1.62. The van der Waals surface area contributed by atoms with Gasteiger partial charge in [-0.2, -0.15) is 0 Å². The summed E-state index contributed by atoms with van der Waals surface area (Å²) in [5.74, 6) is -0.584. The molecule has 1 atom stereocenters. The lowest BCUT2D eigenvalue weighted by Gasteiger charge is -2.22. The molecule has 0 aromatic heterocycles. The molecule has 0 saturated heterocycles. The van der Waals surface area contributed by atoms with Gasteiger partial charge in [0.25, 0.3) is 0 Å². The van der Waals surface area contributed by atoms with Crippen molar-refractivity contribution in [2.24, 2.45) is 5.73 Å². The van der Waals surface area contributed by atoms with Crippen molar-refractivity contribution in [1.29, 1.82) is 0 Å². The van der Waals surface area contributed by atoms with Gasteiger partial charge in [0, 0.05) is 19.0 Å². The summed E-state index contributed by atoms with van der Waals surface area (Å²) in [7, 11) is 0. The molecule has 1 aromatic carbocycles. The molecule has 0 radical (unpaired) electrons. The Bertz CT molecular complexity index is 469. The number of aryl methyl sites for hydroxylation is 1. The molecular formula is C15H23FN2O2. The third-order valence-corrected chi connectivity index (χ3v) is 2.77. The average Bonchev–Trinajstić information content (AvgIpc) is 2.32. The summed E-state index contributed by atoms with van der Waals surface area (Å²) in [4.78, 5) is 11.6. The molecule has 0 aliphatic rings. The van der Waals surface area contributed by atoms with Crippen LogP contribution in [0.3, 0.4) is 0 Å². The Balaban J connectivity index is 2.68. The third-order valence-electron chi connectivity index (χ3n) is 2.77. The van der Waals surface area contributed by atoms with Crippen LogP contribution in [-0.2, 0) is 4.74 Å². The van der Waals surface area contributed by atoms with Gasteiger partial charge in [-0.15, -0.1) is 0 Å². The van der Waals surface area contributed by atoms with Gasteiger partial charge in [-0.05, 0) is 39.3 Å². The topological polar surface area (TPSA) is 64.3 Å². The number of alkyl carbamates (subject to hydrolysis) is 1. The van der Waals surface area contributed by atoms with Gasteiger partial charge >= 0.3 is 6.09 Å². The van der Waals surface area contributed by atoms with E-state index in [-0.39, 0.29) is 24.8 Å². The van der Waals surface area contributed by atoms with Crippen molar-refractivity contribution < 1.29 is 13.9 Å². The Morgan fingerprint density at radius 3 is 2.65 bits per heavy atom. The van der Waals surface area contributed by atoms with Crippen molar-refractivity contribution in [2.45, 2.75) is 39.2 Å². The Kier molecular flexibility index (Phi) is 5.51. The highest BCUT2D eigenvalue weighted by Crippen LogP contribution is 2.19. The first-order valence-corrected chi connectivity index (χ1v) is 6.66. The molecule has 0 saturated carbocycles. The van der Waals surface area contributed by atoms with Crippen molar-refractivity contribution in [1.82, 2.24) is 5.32 Å². The zero-order valence-electron chi connectivity index (χ0n) is 12.5. The number of carbonyl (C=O) groups excluding carboxylic acids is 1. The molecule has 0 aliphatic heterocycles. The van der Waals surface area contributed by atoms with Gasteiger partial charge in [0.1, 0.15) is 11.4 Å². The van der Waals surface area contributed by atoms with E-state index in [1.54, 1.807) is 32.9 Å². The maximum atomic E-state index is 13.8. The fourth-order valence-corrected chi connectivity index (χ4v) is 1.82. The lowest BCUT2D eigenvalue weighted by molar-refractivity contribution is 0.0524. The molecule has 1 rings (SSSR count). The van der Waals surface area contributed by atoms with Crippen LogP contribution in [-0.4, -0.2) is 24.8 Å². The Morgan fingerprint density at radius 2 is 2.10 bits per heavy atom. The number of nitrogens with one attached hydrogen (secondary N) is 1. The Morgan fingerprint density at radius 1 is 1.45 bits per heavy atom. The summed E-state index contributed by atoms with van der Waals surface area (Å²) in [6.07, 6.45) is -0.524. The zero-order valence-corrected chi connectivity index (χ0v) is 12.5. The van der Waals surface area contributed by atoms with Crippen LogP contribution in [0.2, 0.25) is 0 Å². The predicted octanol–water partition coefficient (Wildman–Crippen LogP) is 2.70. The normalized spacial score (nSPS) is 12.9. The second-order valence-corrected chi connectivity index (χ2v) is 5.84. The highest BCUT2D eigenvalue weighted by atomic mass is 19.1. The highest BCUT2D eigenvalue weighted by Gasteiger charge is 2.19. The minimum atomic E-state index is -0.559. The third kappa shape index (κ3) is 5.17. The van der Waals surface area contributed by atoms with E-state index in [1.165, 1.54) is 6.07 Å². The van der Waals surface area contributed by atoms with E-state index in [0.29, 0.717) is 5.56 Å². The van der Waals surface area contributed by atoms with E-state index in [2.05, 4.69) is 5.32 Å². The van der Waals surface area contributed by atoms with Crippen LogP contribution in [0.4, 0.5) is 9.18 Å². The van der Waals surface area contributed by atoms with Gasteiger partial charge in [0.15, 0.2) is 0 Å². The Labute approximate surface area is 119 Å². The summed E-state index contributed by atoms with van der Waals surface area (Å²) >= 11 is 0. The molecule has 4 nitrogen and oxygen atoms in total. The number of nitrogens with two attached hydrogens (primary N) is 1. The van der Waals surface area contributed by atoms with E-state index >= 15 is 0 Å². The van der Waals surface area contributed by atoms with Crippen molar-refractivity contribution in [3.63, 3.8) is 0 Å². The van der Waals surface area contributed by atoms with Crippen LogP contribution in [0.5, 0.6) is 0 Å². The van der Waals surface area contributed by atoms with E-state index in [9.17, 15) is 9.18 Å². The monoisotopic (exact) mass is 282 g/mol. The maximum absolute atomic E-state index is 13.8. The number of halogens is 1. The first kappa shape index (κ1) is 16.4. The van der Waals surface area contributed by atoms with Crippen molar-refractivity contribution in [2.75, 3.05) is 13.1 Å². The molecule has 112 valence electrons. The molecular weight excluding hydrogens is 259 g/mol. The van der Waals surface area contributed by atoms with Crippen LogP contribution >= 0.6 is 0 Å². The summed E-state index contributed by atoms with van der Waals surface area (Å²) < 4.78 is 18.9. The van der Waals surface area contributed by atoms with Gasteiger partial charge < -0.3 is 15.8 Å². The standard InChI is InChI=1S/C15H23FN2O2/c1-10-5-6-13(16)12(7-10)11(8-17)9-18-14(19)20-15(2,3)4/h5-7,11H,8-9,17H2,1-4H3,(H,18,19). The van der Waals surface area contributed by atoms with Crippen molar-refractivity contribution in [3.05, 3.63) is 35.1 Å². The molecule has 0 fully saturated rings. The molecule has 0 aliphatic carbocycles. The first-order chi connectivity index (χ1) is 9.23. The van der Waals surface area contributed by atoms with Gasteiger partial charge in [-0.25, -0.2) is 9.18 Å². The highest BCUT2D eigenvalue weighted by molar-refractivity contribution is 5.67. The predicted molar refractivity (Wildman–Crippen MR) is 77.2 cm³/mol. The SMILES string of the molecule is Cc1ccc(F)c(C(CN)CNC(=O)OC(C)(C)C)c1. The fraction of sp³-hybridized carbons (Fsp3) is 0.533. The summed E-state index contributed by atoms with van der Waals surface area (Å²) in [5, 5.41) is 2.63. The molecule has 0 heterocycles. The van der Waals surface area contributed by atoms with Crippen molar-refractivity contribution >= 4 is 6.09 Å². The number of benzene rings is 1. The number of carbonyl (C=O) groups is 1. The molecule has 5 heteroatoms. The average molecular weight is 282 g/mol. The van der Waals surface area contributed by atoms with Gasteiger partial charge in [0.05, 0.1) is 0 Å².